The minimum atomic E-state index is -3.88. The molecule has 16 heavy (non-hydrogen) atoms. The van der Waals surface area contributed by atoms with Crippen molar-refractivity contribution in [1.82, 2.24) is 4.72 Å². The van der Waals surface area contributed by atoms with E-state index in [4.69, 9.17) is 10.2 Å². The molecular weight excluding hydrogens is 254 g/mol. The summed E-state index contributed by atoms with van der Waals surface area (Å²) in [5.41, 5.74) is 0. The summed E-state index contributed by atoms with van der Waals surface area (Å²) >= 11 is 0.838. The van der Waals surface area contributed by atoms with Crippen LogP contribution in [0.4, 0.5) is 0 Å². The number of carboxylic acids is 1. The highest BCUT2D eigenvalue weighted by molar-refractivity contribution is 7.89. The predicted molar refractivity (Wildman–Crippen MR) is 58.1 cm³/mol. The Morgan fingerprint density at radius 1 is 1.62 bits per heavy atom. The van der Waals surface area contributed by atoms with Crippen molar-refractivity contribution in [2.45, 2.75) is 17.9 Å². The van der Waals surface area contributed by atoms with Crippen molar-refractivity contribution >= 4 is 27.3 Å². The van der Waals surface area contributed by atoms with Crippen molar-refractivity contribution in [2.75, 3.05) is 6.61 Å². The Bertz CT molecular complexity index is 478. The predicted octanol–water partition coefficient (Wildman–Crippen LogP) is 0.105. The van der Waals surface area contributed by atoms with Crippen LogP contribution in [-0.2, 0) is 10.0 Å². The van der Waals surface area contributed by atoms with Gasteiger partial charge in [0, 0.05) is 6.04 Å². The van der Waals surface area contributed by atoms with Gasteiger partial charge in [0.25, 0.3) is 0 Å². The van der Waals surface area contributed by atoms with Crippen LogP contribution in [0.1, 0.15) is 16.6 Å². The third-order valence-electron chi connectivity index (χ3n) is 1.74. The van der Waals surface area contributed by atoms with Gasteiger partial charge in [0.05, 0.1) is 6.61 Å². The number of aliphatic hydroxyl groups is 1. The van der Waals surface area contributed by atoms with Crippen molar-refractivity contribution in [3.63, 3.8) is 0 Å². The van der Waals surface area contributed by atoms with Crippen LogP contribution in [-0.4, -0.2) is 37.2 Å². The second kappa shape index (κ2) is 4.91. The van der Waals surface area contributed by atoms with Gasteiger partial charge in [0.2, 0.25) is 10.0 Å². The maximum atomic E-state index is 11.7. The lowest BCUT2D eigenvalue weighted by atomic mass is 10.4. The van der Waals surface area contributed by atoms with Gasteiger partial charge in [-0.3, -0.25) is 0 Å². The van der Waals surface area contributed by atoms with Gasteiger partial charge in [0.1, 0.15) is 9.77 Å². The number of rotatable bonds is 5. The minimum Gasteiger partial charge on any atom is -0.477 e. The van der Waals surface area contributed by atoms with E-state index in [0.29, 0.717) is 0 Å². The zero-order valence-electron chi connectivity index (χ0n) is 8.37. The molecule has 0 bridgehead atoms. The minimum absolute atomic E-state index is 0.238. The molecule has 0 aliphatic carbocycles. The largest absolute Gasteiger partial charge is 0.477 e. The first-order chi connectivity index (χ1) is 7.38. The average molecular weight is 265 g/mol. The lowest BCUT2D eigenvalue weighted by Crippen LogP contribution is -2.35. The first kappa shape index (κ1) is 13.1. The van der Waals surface area contributed by atoms with Gasteiger partial charge in [-0.25, -0.2) is 17.9 Å². The summed E-state index contributed by atoms with van der Waals surface area (Å²) in [5, 5.41) is 18.9. The van der Waals surface area contributed by atoms with E-state index in [-0.39, 0.29) is 16.4 Å². The SMILES string of the molecule is C[C@H](CO)NS(=O)(=O)c1ccsc1C(=O)O. The van der Waals surface area contributed by atoms with Crippen molar-refractivity contribution in [3.8, 4) is 0 Å². The van der Waals surface area contributed by atoms with Crippen LogP contribution in [0.25, 0.3) is 0 Å². The summed E-state index contributed by atoms with van der Waals surface area (Å²) in [6.45, 7) is 1.12. The Morgan fingerprint density at radius 3 is 2.75 bits per heavy atom. The summed E-state index contributed by atoms with van der Waals surface area (Å²) in [6.07, 6.45) is 0. The number of sulfonamides is 1. The number of hydrogen-bond donors (Lipinski definition) is 3. The molecule has 0 amide bonds. The lowest BCUT2D eigenvalue weighted by Gasteiger charge is -2.10. The monoisotopic (exact) mass is 265 g/mol. The van der Waals surface area contributed by atoms with Crippen molar-refractivity contribution in [1.29, 1.82) is 0 Å². The molecule has 0 fully saturated rings. The number of carbonyl (C=O) groups is 1. The van der Waals surface area contributed by atoms with E-state index in [1.807, 2.05) is 0 Å². The Hall–Kier alpha value is -0.960. The third kappa shape index (κ3) is 2.79. The fraction of sp³-hybridized carbons (Fsp3) is 0.375. The summed E-state index contributed by atoms with van der Waals surface area (Å²) in [5.74, 6) is -1.29. The van der Waals surface area contributed by atoms with Crippen LogP contribution in [0.15, 0.2) is 16.3 Å². The van der Waals surface area contributed by atoms with Crippen LogP contribution < -0.4 is 4.72 Å². The molecule has 0 unspecified atom stereocenters. The molecule has 90 valence electrons. The molecule has 1 aromatic heterocycles. The van der Waals surface area contributed by atoms with Crippen molar-refractivity contribution < 1.29 is 23.4 Å². The maximum Gasteiger partial charge on any atom is 0.347 e. The molecule has 0 spiro atoms. The van der Waals surface area contributed by atoms with Crippen molar-refractivity contribution in [2.24, 2.45) is 0 Å². The Morgan fingerprint density at radius 2 is 2.25 bits per heavy atom. The van der Waals surface area contributed by atoms with Crippen LogP contribution >= 0.6 is 11.3 Å². The van der Waals surface area contributed by atoms with E-state index in [0.717, 1.165) is 11.3 Å². The average Bonchev–Trinajstić information content (AvgIpc) is 2.65. The smallest absolute Gasteiger partial charge is 0.347 e. The molecule has 0 aliphatic heterocycles. The molecule has 1 atom stereocenters. The Kier molecular flexibility index (Phi) is 4.03. The van der Waals surface area contributed by atoms with E-state index in [9.17, 15) is 13.2 Å². The number of thiophene rings is 1. The van der Waals surface area contributed by atoms with Crippen LogP contribution in [0.5, 0.6) is 0 Å². The van der Waals surface area contributed by atoms with E-state index in [2.05, 4.69) is 4.72 Å². The number of nitrogens with one attached hydrogen (secondary N) is 1. The molecule has 3 N–H and O–H groups in total. The van der Waals surface area contributed by atoms with Crippen LogP contribution in [0.3, 0.4) is 0 Å². The van der Waals surface area contributed by atoms with Gasteiger partial charge < -0.3 is 10.2 Å². The molecule has 0 radical (unpaired) electrons. The van der Waals surface area contributed by atoms with Gasteiger partial charge in [-0.05, 0) is 18.4 Å². The zero-order chi connectivity index (χ0) is 12.3. The van der Waals surface area contributed by atoms with Gasteiger partial charge in [-0.2, -0.15) is 0 Å². The normalized spacial score (nSPS) is 13.6. The van der Waals surface area contributed by atoms with Crippen LogP contribution in [0.2, 0.25) is 0 Å². The second-order valence-corrected chi connectivity index (χ2v) is 5.72. The molecule has 6 nitrogen and oxygen atoms in total. The van der Waals surface area contributed by atoms with Gasteiger partial charge >= 0.3 is 5.97 Å². The summed E-state index contributed by atoms with van der Waals surface area (Å²) in [7, 11) is -3.88. The standard InChI is InChI=1S/C8H11NO5S2/c1-5(4-10)9-16(13,14)6-2-3-15-7(6)8(11)12/h2-3,5,9-10H,4H2,1H3,(H,11,12)/t5-/m1/s1. The molecule has 0 aromatic carbocycles. The molecule has 1 aromatic rings. The topological polar surface area (TPSA) is 104 Å². The number of aliphatic hydroxyl groups excluding tert-OH is 1. The lowest BCUT2D eigenvalue weighted by molar-refractivity contribution is 0.0698. The highest BCUT2D eigenvalue weighted by atomic mass is 32.2. The Labute approximate surface area is 96.6 Å². The number of hydrogen-bond acceptors (Lipinski definition) is 5. The molecular formula is C8H11NO5S2. The number of aromatic carboxylic acids is 1. The molecule has 0 saturated carbocycles. The van der Waals surface area contributed by atoms with E-state index < -0.39 is 22.0 Å². The summed E-state index contributed by atoms with van der Waals surface area (Å²) < 4.78 is 25.6. The maximum absolute atomic E-state index is 11.7. The molecule has 0 aliphatic rings. The highest BCUT2D eigenvalue weighted by Gasteiger charge is 2.24. The first-order valence-electron chi connectivity index (χ1n) is 4.32. The third-order valence-corrected chi connectivity index (χ3v) is 4.41. The van der Waals surface area contributed by atoms with E-state index in [1.54, 1.807) is 0 Å². The molecule has 8 heteroatoms. The highest BCUT2D eigenvalue weighted by Crippen LogP contribution is 2.21. The summed E-state index contributed by atoms with van der Waals surface area (Å²) in [4.78, 5) is 10.2. The van der Waals surface area contributed by atoms with Crippen molar-refractivity contribution in [3.05, 3.63) is 16.3 Å². The zero-order valence-corrected chi connectivity index (χ0v) is 10.0. The second-order valence-electron chi connectivity index (χ2n) is 3.12. The van der Waals surface area contributed by atoms with Gasteiger partial charge in [0.15, 0.2) is 0 Å². The molecule has 1 rings (SSSR count). The van der Waals surface area contributed by atoms with E-state index in [1.165, 1.54) is 18.4 Å². The van der Waals surface area contributed by atoms with Gasteiger partial charge in [-0.15, -0.1) is 11.3 Å². The Balaban J connectivity index is 3.08. The fourth-order valence-corrected chi connectivity index (χ4v) is 3.53. The summed E-state index contributed by atoms with van der Waals surface area (Å²) in [6, 6.07) is 0.562. The quantitative estimate of drug-likeness (QED) is 0.700. The molecule has 1 heterocycles. The van der Waals surface area contributed by atoms with E-state index >= 15 is 0 Å². The van der Waals surface area contributed by atoms with Gasteiger partial charge in [-0.1, -0.05) is 0 Å². The molecule has 0 saturated heterocycles. The van der Waals surface area contributed by atoms with Crippen LogP contribution in [0, 0.1) is 0 Å². The fourth-order valence-electron chi connectivity index (χ4n) is 1.03. The first-order valence-corrected chi connectivity index (χ1v) is 6.68. The number of carboxylic acid groups (broad SMARTS) is 1.